The maximum atomic E-state index is 12.6. The van der Waals surface area contributed by atoms with Crippen LogP contribution in [0.1, 0.15) is 30.8 Å². The normalized spacial score (nSPS) is 28.0. The molecule has 3 rings (SSSR count). The van der Waals surface area contributed by atoms with Crippen molar-refractivity contribution in [2.45, 2.75) is 31.9 Å². The second kappa shape index (κ2) is 7.25. The molecule has 1 spiro atoms. The lowest BCUT2D eigenvalue weighted by Crippen LogP contribution is -2.46. The summed E-state index contributed by atoms with van der Waals surface area (Å²) in [5.74, 6) is 0.761. The van der Waals surface area contributed by atoms with Gasteiger partial charge in [-0.05, 0) is 45.4 Å². The van der Waals surface area contributed by atoms with Gasteiger partial charge in [0, 0.05) is 19.1 Å². The summed E-state index contributed by atoms with van der Waals surface area (Å²) in [6, 6.07) is 3.96. The molecule has 2 saturated heterocycles. The number of nitrogens with zero attached hydrogens (tertiary/aromatic N) is 2. The fraction of sp³-hybridized carbons (Fsp3) is 0.722. The Morgan fingerprint density at radius 1 is 1.50 bits per heavy atom. The summed E-state index contributed by atoms with van der Waals surface area (Å²) in [7, 11) is 2.14. The molecule has 2 fully saturated rings. The third kappa shape index (κ3) is 3.82. The average Bonchev–Trinajstić information content (AvgIpc) is 3.15. The highest BCUT2D eigenvalue weighted by Crippen LogP contribution is 2.33. The minimum absolute atomic E-state index is 0.0868. The molecule has 0 bridgehead atoms. The number of amides is 1. The molecule has 2 aliphatic heterocycles. The summed E-state index contributed by atoms with van der Waals surface area (Å²) in [4.78, 5) is 16.8. The summed E-state index contributed by atoms with van der Waals surface area (Å²) < 4.78 is 17.2. The molecule has 0 aromatic carbocycles. The molecule has 0 N–H and O–H groups in total. The van der Waals surface area contributed by atoms with Crippen molar-refractivity contribution >= 4 is 5.91 Å². The number of hydrogen-bond donors (Lipinski definition) is 0. The van der Waals surface area contributed by atoms with Gasteiger partial charge < -0.3 is 23.7 Å². The quantitative estimate of drug-likeness (QED) is 0.840. The Labute approximate surface area is 143 Å². The van der Waals surface area contributed by atoms with E-state index in [2.05, 4.69) is 25.8 Å². The molecule has 6 heteroatoms. The monoisotopic (exact) mass is 336 g/mol. The summed E-state index contributed by atoms with van der Waals surface area (Å²) in [6.07, 6.45) is 2.45. The van der Waals surface area contributed by atoms with Gasteiger partial charge in [-0.25, -0.2) is 0 Å². The molecule has 2 unspecified atom stereocenters. The Morgan fingerprint density at radius 3 is 3.04 bits per heavy atom. The van der Waals surface area contributed by atoms with Crippen LogP contribution in [-0.4, -0.2) is 73.9 Å². The topological polar surface area (TPSA) is 55.2 Å². The first-order valence-electron chi connectivity index (χ1n) is 8.74. The standard InChI is InChI=1S/C18H28N2O4/c1-14(2)19(3)10-15-9-18(24-11-15)12-20(6-8-22-13-18)17(21)16-5-4-7-23-16/h4-5,7,14-15H,6,8-13H2,1-3H3. The molecule has 0 aliphatic carbocycles. The first-order valence-corrected chi connectivity index (χ1v) is 8.74. The third-order valence-electron chi connectivity index (χ3n) is 5.08. The van der Waals surface area contributed by atoms with Crippen molar-refractivity contribution in [2.24, 2.45) is 5.92 Å². The van der Waals surface area contributed by atoms with Crippen LogP contribution in [0.15, 0.2) is 22.8 Å². The van der Waals surface area contributed by atoms with Gasteiger partial charge in [0.05, 0.1) is 32.6 Å². The maximum Gasteiger partial charge on any atom is 0.289 e. The molecule has 2 atom stereocenters. The summed E-state index contributed by atoms with van der Waals surface area (Å²) in [5, 5.41) is 0. The van der Waals surface area contributed by atoms with E-state index in [9.17, 15) is 4.79 Å². The Balaban J connectivity index is 1.65. The molecule has 2 aliphatic rings. The molecule has 3 heterocycles. The Bertz CT molecular complexity index is 545. The molecule has 6 nitrogen and oxygen atoms in total. The van der Waals surface area contributed by atoms with Gasteiger partial charge in [0.2, 0.25) is 0 Å². The van der Waals surface area contributed by atoms with Gasteiger partial charge in [0.1, 0.15) is 5.60 Å². The second-order valence-corrected chi connectivity index (χ2v) is 7.35. The van der Waals surface area contributed by atoms with E-state index in [0.29, 0.717) is 44.0 Å². The van der Waals surface area contributed by atoms with Crippen molar-refractivity contribution in [2.75, 3.05) is 46.5 Å². The maximum absolute atomic E-state index is 12.6. The lowest BCUT2D eigenvalue weighted by molar-refractivity contribution is -0.0540. The number of furan rings is 1. The lowest BCUT2D eigenvalue weighted by atomic mass is 9.93. The summed E-state index contributed by atoms with van der Waals surface area (Å²) in [6.45, 7) is 8.35. The lowest BCUT2D eigenvalue weighted by Gasteiger charge is -2.31. The van der Waals surface area contributed by atoms with Crippen LogP contribution in [0.3, 0.4) is 0 Å². The Hall–Kier alpha value is -1.37. The van der Waals surface area contributed by atoms with Gasteiger partial charge in [0.25, 0.3) is 5.91 Å². The predicted molar refractivity (Wildman–Crippen MR) is 90.0 cm³/mol. The fourth-order valence-electron chi connectivity index (χ4n) is 3.52. The largest absolute Gasteiger partial charge is 0.459 e. The van der Waals surface area contributed by atoms with Gasteiger partial charge in [-0.1, -0.05) is 0 Å². The fourth-order valence-corrected chi connectivity index (χ4v) is 3.52. The van der Waals surface area contributed by atoms with Crippen LogP contribution in [-0.2, 0) is 9.47 Å². The van der Waals surface area contributed by atoms with Gasteiger partial charge >= 0.3 is 0 Å². The van der Waals surface area contributed by atoms with E-state index in [1.165, 1.54) is 6.26 Å². The minimum Gasteiger partial charge on any atom is -0.459 e. The van der Waals surface area contributed by atoms with Crippen LogP contribution in [0.25, 0.3) is 0 Å². The van der Waals surface area contributed by atoms with Crippen molar-refractivity contribution in [1.29, 1.82) is 0 Å². The smallest absolute Gasteiger partial charge is 0.289 e. The summed E-state index contributed by atoms with van der Waals surface area (Å²) >= 11 is 0. The number of hydrogen-bond acceptors (Lipinski definition) is 5. The van der Waals surface area contributed by atoms with E-state index >= 15 is 0 Å². The van der Waals surface area contributed by atoms with E-state index in [-0.39, 0.29) is 11.5 Å². The first-order chi connectivity index (χ1) is 11.5. The van der Waals surface area contributed by atoms with Crippen molar-refractivity contribution in [3.63, 3.8) is 0 Å². The van der Waals surface area contributed by atoms with Crippen molar-refractivity contribution < 1.29 is 18.7 Å². The molecule has 134 valence electrons. The van der Waals surface area contributed by atoms with Crippen LogP contribution in [0.4, 0.5) is 0 Å². The van der Waals surface area contributed by atoms with E-state index in [0.717, 1.165) is 19.6 Å². The van der Waals surface area contributed by atoms with Crippen LogP contribution in [0, 0.1) is 5.92 Å². The molecular formula is C18H28N2O4. The van der Waals surface area contributed by atoms with Gasteiger partial charge in [-0.15, -0.1) is 0 Å². The summed E-state index contributed by atoms with van der Waals surface area (Å²) in [5.41, 5.74) is -0.388. The number of carbonyl (C=O) groups is 1. The first kappa shape index (κ1) is 17.5. The van der Waals surface area contributed by atoms with E-state index in [1.807, 2.05) is 0 Å². The number of ether oxygens (including phenoxy) is 2. The van der Waals surface area contributed by atoms with Gasteiger partial charge in [-0.2, -0.15) is 0 Å². The van der Waals surface area contributed by atoms with Crippen molar-refractivity contribution in [3.8, 4) is 0 Å². The minimum atomic E-state index is -0.388. The van der Waals surface area contributed by atoms with Crippen molar-refractivity contribution in [3.05, 3.63) is 24.2 Å². The molecule has 0 saturated carbocycles. The second-order valence-electron chi connectivity index (χ2n) is 7.35. The van der Waals surface area contributed by atoms with E-state index < -0.39 is 0 Å². The Morgan fingerprint density at radius 2 is 2.33 bits per heavy atom. The number of carbonyl (C=O) groups excluding carboxylic acids is 1. The molecule has 1 amide bonds. The van der Waals surface area contributed by atoms with Crippen molar-refractivity contribution in [1.82, 2.24) is 9.80 Å². The highest BCUT2D eigenvalue weighted by molar-refractivity contribution is 5.91. The molecule has 1 aromatic rings. The SMILES string of the molecule is CC(C)N(C)CC1COC2(COCCN(C(=O)c3ccco3)C2)C1. The Kier molecular flexibility index (Phi) is 5.27. The zero-order valence-corrected chi connectivity index (χ0v) is 14.9. The van der Waals surface area contributed by atoms with Crippen LogP contribution < -0.4 is 0 Å². The molecule has 1 aromatic heterocycles. The van der Waals surface area contributed by atoms with Crippen LogP contribution in [0.2, 0.25) is 0 Å². The number of rotatable bonds is 4. The predicted octanol–water partition coefficient (Wildman–Crippen LogP) is 1.87. The van der Waals surface area contributed by atoms with E-state index in [1.54, 1.807) is 17.0 Å². The van der Waals surface area contributed by atoms with Gasteiger partial charge in [0.15, 0.2) is 5.76 Å². The van der Waals surface area contributed by atoms with Crippen LogP contribution in [0.5, 0.6) is 0 Å². The molecular weight excluding hydrogens is 308 g/mol. The van der Waals surface area contributed by atoms with E-state index in [4.69, 9.17) is 13.9 Å². The third-order valence-corrected chi connectivity index (χ3v) is 5.08. The average molecular weight is 336 g/mol. The zero-order chi connectivity index (χ0) is 17.2. The van der Waals surface area contributed by atoms with Gasteiger partial charge in [-0.3, -0.25) is 4.79 Å². The molecule has 24 heavy (non-hydrogen) atoms. The highest BCUT2D eigenvalue weighted by Gasteiger charge is 2.44. The molecule has 0 radical (unpaired) electrons. The van der Waals surface area contributed by atoms with Crippen LogP contribution >= 0.6 is 0 Å². The highest BCUT2D eigenvalue weighted by atomic mass is 16.5. The zero-order valence-electron chi connectivity index (χ0n) is 14.9.